The van der Waals surface area contributed by atoms with Crippen LogP contribution >= 0.6 is 7.82 Å². The zero-order valence-electron chi connectivity index (χ0n) is 38.4. The number of hydrogen-bond acceptors (Lipinski definition) is 11. The second-order valence-corrected chi connectivity index (χ2v) is 17.3. The number of esters is 2. The SMILES string of the molecule is CC/C=C\C[C@H](O)/C=C/C=C/C=C\C=C/[C@@H](O)[C@H](O)CCCC(=O)O[C@H](COC(=O)CCCCCCCCCCCCC/C=C\CCCCCCCC)COP(=O)(O)OCCN. The number of carbonyl (C=O) groups excluding carboxylic acids is 2. The fourth-order valence-corrected chi connectivity index (χ4v) is 7.03. The number of rotatable bonds is 43. The molecule has 0 amide bonds. The number of phosphoric ester groups is 1. The van der Waals surface area contributed by atoms with Gasteiger partial charge >= 0.3 is 19.8 Å². The number of unbranched alkanes of at least 4 members (excludes halogenated alkanes) is 17. The third kappa shape index (κ3) is 41.3. The summed E-state index contributed by atoms with van der Waals surface area (Å²) in [6.45, 7) is 3.13. The average Bonchev–Trinajstić information content (AvgIpc) is 3.25. The lowest BCUT2D eigenvalue weighted by atomic mass is 10.0. The second-order valence-electron chi connectivity index (χ2n) is 15.8. The molecule has 0 aromatic carbocycles. The number of aliphatic hydroxyl groups excluding tert-OH is 3. The van der Waals surface area contributed by atoms with Crippen molar-refractivity contribution >= 4 is 19.8 Å². The van der Waals surface area contributed by atoms with Gasteiger partial charge in [-0.15, -0.1) is 0 Å². The van der Waals surface area contributed by atoms with Crippen molar-refractivity contribution in [3.63, 3.8) is 0 Å². The number of aliphatic hydroxyl groups is 3. The summed E-state index contributed by atoms with van der Waals surface area (Å²) in [4.78, 5) is 35.0. The maximum Gasteiger partial charge on any atom is 0.472 e. The monoisotopic (exact) mass is 896 g/mol. The summed E-state index contributed by atoms with van der Waals surface area (Å²) in [6, 6.07) is 0. The molecular weight excluding hydrogens is 810 g/mol. The minimum Gasteiger partial charge on any atom is -0.462 e. The molecule has 0 aromatic rings. The molecule has 5 atom stereocenters. The fraction of sp³-hybridized carbons (Fsp3) is 0.714. The van der Waals surface area contributed by atoms with Crippen molar-refractivity contribution in [2.75, 3.05) is 26.4 Å². The van der Waals surface area contributed by atoms with E-state index in [0.717, 1.165) is 25.7 Å². The van der Waals surface area contributed by atoms with Crippen LogP contribution in [0.15, 0.2) is 72.9 Å². The molecule has 13 heteroatoms. The average molecular weight is 896 g/mol. The number of ether oxygens (including phenoxy) is 2. The van der Waals surface area contributed by atoms with Crippen LogP contribution in [0.4, 0.5) is 0 Å². The summed E-state index contributed by atoms with van der Waals surface area (Å²) in [7, 11) is -4.48. The van der Waals surface area contributed by atoms with E-state index < -0.39 is 50.8 Å². The van der Waals surface area contributed by atoms with Crippen LogP contribution in [0.3, 0.4) is 0 Å². The maximum absolute atomic E-state index is 12.6. The van der Waals surface area contributed by atoms with Crippen molar-refractivity contribution < 1.29 is 52.9 Å². The van der Waals surface area contributed by atoms with E-state index >= 15 is 0 Å². The van der Waals surface area contributed by atoms with Crippen LogP contribution in [-0.4, -0.2) is 82.9 Å². The maximum atomic E-state index is 12.6. The molecule has 0 radical (unpaired) electrons. The van der Waals surface area contributed by atoms with Crippen molar-refractivity contribution in [1.82, 2.24) is 0 Å². The Balaban J connectivity index is 4.38. The van der Waals surface area contributed by atoms with Crippen molar-refractivity contribution in [3.05, 3.63) is 72.9 Å². The van der Waals surface area contributed by atoms with Crippen molar-refractivity contribution in [2.45, 2.75) is 199 Å². The molecule has 62 heavy (non-hydrogen) atoms. The van der Waals surface area contributed by atoms with E-state index in [-0.39, 0.29) is 45.4 Å². The second kappa shape index (κ2) is 43.6. The molecule has 6 N–H and O–H groups in total. The van der Waals surface area contributed by atoms with Crippen LogP contribution in [0.25, 0.3) is 0 Å². The van der Waals surface area contributed by atoms with Crippen molar-refractivity contribution in [2.24, 2.45) is 5.73 Å². The van der Waals surface area contributed by atoms with Crippen LogP contribution in [0.2, 0.25) is 0 Å². The fourth-order valence-electron chi connectivity index (χ4n) is 6.26. The Morgan fingerprint density at radius 2 is 1.15 bits per heavy atom. The van der Waals surface area contributed by atoms with Gasteiger partial charge in [-0.3, -0.25) is 18.6 Å². The predicted molar refractivity (Wildman–Crippen MR) is 251 cm³/mol. The minimum absolute atomic E-state index is 0.00571. The van der Waals surface area contributed by atoms with Crippen LogP contribution in [0.1, 0.15) is 174 Å². The lowest BCUT2D eigenvalue weighted by Gasteiger charge is -2.20. The molecule has 0 rings (SSSR count). The van der Waals surface area contributed by atoms with Gasteiger partial charge in [-0.1, -0.05) is 177 Å². The summed E-state index contributed by atoms with van der Waals surface area (Å²) >= 11 is 0. The topological polar surface area (TPSA) is 195 Å². The Kier molecular flexibility index (Phi) is 41.7. The highest BCUT2D eigenvalue weighted by atomic mass is 31.2. The predicted octanol–water partition coefficient (Wildman–Crippen LogP) is 10.7. The summed E-state index contributed by atoms with van der Waals surface area (Å²) < 4.78 is 32.6. The van der Waals surface area contributed by atoms with E-state index in [2.05, 4.69) is 19.1 Å². The van der Waals surface area contributed by atoms with Gasteiger partial charge in [0.05, 0.1) is 31.5 Å². The Labute approximate surface area is 375 Å². The summed E-state index contributed by atoms with van der Waals surface area (Å²) in [5.41, 5.74) is 5.33. The Morgan fingerprint density at radius 1 is 0.613 bits per heavy atom. The zero-order valence-corrected chi connectivity index (χ0v) is 39.3. The molecular formula is C49H86NO11P. The normalized spacial score (nSPS) is 15.4. The molecule has 0 aromatic heterocycles. The van der Waals surface area contributed by atoms with E-state index in [0.29, 0.717) is 12.8 Å². The smallest absolute Gasteiger partial charge is 0.462 e. The third-order valence-electron chi connectivity index (χ3n) is 9.92. The van der Waals surface area contributed by atoms with Gasteiger partial charge in [-0.25, -0.2) is 4.57 Å². The number of carbonyl (C=O) groups is 2. The van der Waals surface area contributed by atoms with Gasteiger partial charge in [0.15, 0.2) is 6.10 Å². The van der Waals surface area contributed by atoms with Gasteiger partial charge in [0.1, 0.15) is 6.61 Å². The van der Waals surface area contributed by atoms with E-state index in [9.17, 15) is 34.4 Å². The van der Waals surface area contributed by atoms with Gasteiger partial charge in [0.25, 0.3) is 0 Å². The van der Waals surface area contributed by atoms with Gasteiger partial charge < -0.3 is 35.4 Å². The Bertz CT molecular complexity index is 1300. The summed E-state index contributed by atoms with van der Waals surface area (Å²) in [5, 5.41) is 30.5. The van der Waals surface area contributed by atoms with Crippen molar-refractivity contribution in [3.8, 4) is 0 Å². The number of hydrogen-bond donors (Lipinski definition) is 5. The first kappa shape index (κ1) is 59.3. The van der Waals surface area contributed by atoms with E-state index in [1.165, 1.54) is 102 Å². The molecule has 0 bridgehead atoms. The molecule has 0 aliphatic rings. The van der Waals surface area contributed by atoms with Gasteiger partial charge in [-0.05, 0) is 57.8 Å². The lowest BCUT2D eigenvalue weighted by molar-refractivity contribution is -0.161. The highest BCUT2D eigenvalue weighted by Gasteiger charge is 2.26. The van der Waals surface area contributed by atoms with Crippen LogP contribution in [-0.2, 0) is 32.7 Å². The molecule has 0 fully saturated rings. The molecule has 1 unspecified atom stereocenters. The first-order chi connectivity index (χ1) is 30.0. The molecule has 0 saturated heterocycles. The van der Waals surface area contributed by atoms with E-state index in [1.807, 2.05) is 19.1 Å². The van der Waals surface area contributed by atoms with Crippen LogP contribution in [0.5, 0.6) is 0 Å². The summed E-state index contributed by atoms with van der Waals surface area (Å²) in [5.74, 6) is -1.16. The zero-order chi connectivity index (χ0) is 45.8. The lowest BCUT2D eigenvalue weighted by Crippen LogP contribution is -2.30. The molecule has 0 heterocycles. The van der Waals surface area contributed by atoms with E-state index in [4.69, 9.17) is 24.3 Å². The first-order valence-corrected chi connectivity index (χ1v) is 25.2. The first-order valence-electron chi connectivity index (χ1n) is 23.7. The Morgan fingerprint density at radius 3 is 1.73 bits per heavy atom. The molecule has 12 nitrogen and oxygen atoms in total. The minimum atomic E-state index is -4.48. The number of allylic oxidation sites excluding steroid dienone is 9. The molecule has 0 saturated carbocycles. The molecule has 0 aliphatic carbocycles. The quantitative estimate of drug-likeness (QED) is 0.0128. The Hall–Kier alpha value is -2.67. The van der Waals surface area contributed by atoms with E-state index in [1.54, 1.807) is 42.5 Å². The van der Waals surface area contributed by atoms with Crippen LogP contribution in [0, 0.1) is 0 Å². The molecule has 0 aliphatic heterocycles. The largest absolute Gasteiger partial charge is 0.472 e. The summed E-state index contributed by atoms with van der Waals surface area (Å²) in [6.07, 6.45) is 43.1. The molecule has 0 spiro atoms. The van der Waals surface area contributed by atoms with Crippen molar-refractivity contribution in [1.29, 1.82) is 0 Å². The number of phosphoric acid groups is 1. The van der Waals surface area contributed by atoms with Crippen LogP contribution < -0.4 is 5.73 Å². The highest BCUT2D eigenvalue weighted by molar-refractivity contribution is 7.47. The van der Waals surface area contributed by atoms with Gasteiger partial charge in [0, 0.05) is 19.4 Å². The number of nitrogens with two attached hydrogens (primary N) is 1. The molecule has 358 valence electrons. The highest BCUT2D eigenvalue weighted by Crippen LogP contribution is 2.43. The van der Waals surface area contributed by atoms with Gasteiger partial charge in [0.2, 0.25) is 0 Å². The third-order valence-corrected chi connectivity index (χ3v) is 10.9. The van der Waals surface area contributed by atoms with Gasteiger partial charge in [-0.2, -0.15) is 0 Å². The standard InChI is InChI=1S/C49H86NO11P/c1-3-5-7-8-9-10-11-12-13-14-15-16-17-18-19-20-21-22-23-28-32-38-48(54)58-42-45(43-60-62(56,57)59-41-40-50)61-49(55)39-33-37-47(53)46(52)36-31-27-25-24-26-30-35-44(51)34-29-6-4-2/h6,12-13,24-27,29-31,35-36,44-47,51-53H,3-5,7-11,14-23,28,32-34,37-43,50H2,1-2H3,(H,56,57)/b13-12-,26-24+,27-25-,29-6-,35-30+,36-31-/t44-,45+,46+,47+/m0/s1.